The number of carbonyl (C=O) groups is 2. The van der Waals surface area contributed by atoms with Crippen LogP contribution < -0.4 is 10.2 Å². The zero-order chi connectivity index (χ0) is 21.6. The van der Waals surface area contributed by atoms with Crippen LogP contribution in [0.3, 0.4) is 0 Å². The lowest BCUT2D eigenvalue weighted by Gasteiger charge is -2.33. The first-order chi connectivity index (χ1) is 15.1. The third-order valence-electron chi connectivity index (χ3n) is 6.82. The largest absolute Gasteiger partial charge is 0.372 e. The first-order valence-corrected chi connectivity index (χ1v) is 12.4. The van der Waals surface area contributed by atoms with Gasteiger partial charge >= 0.3 is 0 Å². The number of benzene rings is 1. The molecular formula is C25H33N3O2S. The highest BCUT2D eigenvalue weighted by atomic mass is 32.1. The molecular weight excluding hydrogens is 406 g/mol. The fourth-order valence-electron chi connectivity index (χ4n) is 4.76. The maximum absolute atomic E-state index is 12.6. The molecule has 1 saturated heterocycles. The Balaban J connectivity index is 1.22. The normalized spacial score (nSPS) is 18.0. The quantitative estimate of drug-likeness (QED) is 0.711. The molecule has 2 aliphatic rings. The molecule has 1 aliphatic heterocycles. The van der Waals surface area contributed by atoms with Crippen LogP contribution in [0.1, 0.15) is 60.2 Å². The molecule has 4 rings (SSSR count). The van der Waals surface area contributed by atoms with Crippen LogP contribution in [0.2, 0.25) is 0 Å². The van der Waals surface area contributed by atoms with Gasteiger partial charge in [-0.15, -0.1) is 11.3 Å². The lowest BCUT2D eigenvalue weighted by atomic mass is 9.94. The molecule has 1 aromatic heterocycles. The van der Waals surface area contributed by atoms with Crippen molar-refractivity contribution in [1.29, 1.82) is 0 Å². The predicted octanol–water partition coefficient (Wildman–Crippen LogP) is 4.69. The lowest BCUT2D eigenvalue weighted by Crippen LogP contribution is -2.42. The maximum atomic E-state index is 12.6. The number of amides is 2. The minimum atomic E-state index is -0.0101. The van der Waals surface area contributed by atoms with Crippen molar-refractivity contribution in [3.8, 4) is 0 Å². The van der Waals surface area contributed by atoms with Gasteiger partial charge < -0.3 is 15.1 Å². The molecule has 6 heteroatoms. The number of thiophene rings is 1. The van der Waals surface area contributed by atoms with Gasteiger partial charge in [0.25, 0.3) is 5.91 Å². The molecule has 0 atom stereocenters. The van der Waals surface area contributed by atoms with Gasteiger partial charge in [-0.25, -0.2) is 0 Å². The van der Waals surface area contributed by atoms with Crippen LogP contribution in [0.25, 0.3) is 0 Å². The summed E-state index contributed by atoms with van der Waals surface area (Å²) in [5.41, 5.74) is 2.38. The molecule has 2 fully saturated rings. The Labute approximate surface area is 189 Å². The van der Waals surface area contributed by atoms with Crippen molar-refractivity contribution in [3.63, 3.8) is 0 Å². The van der Waals surface area contributed by atoms with E-state index < -0.39 is 0 Å². The van der Waals surface area contributed by atoms with E-state index in [1.54, 1.807) is 0 Å². The highest BCUT2D eigenvalue weighted by Crippen LogP contribution is 2.26. The average molecular weight is 440 g/mol. The standard InChI is InChI=1S/C25H33N3O2S/c1-27(21-6-3-2-4-7-21)22-11-9-19(10-12-22)18-26-24(29)20-13-15-28(16-14-20)25(30)23-8-5-17-31-23/h5,8-12,17,20-21H,2-4,6-7,13-16,18H2,1H3,(H,26,29). The second kappa shape index (κ2) is 10.3. The summed E-state index contributed by atoms with van der Waals surface area (Å²) in [4.78, 5) is 30.2. The van der Waals surface area contributed by atoms with E-state index in [4.69, 9.17) is 0 Å². The zero-order valence-corrected chi connectivity index (χ0v) is 19.2. The number of anilines is 1. The molecule has 1 saturated carbocycles. The van der Waals surface area contributed by atoms with Crippen molar-refractivity contribution in [2.24, 2.45) is 5.92 Å². The second-order valence-electron chi connectivity index (χ2n) is 8.83. The van der Waals surface area contributed by atoms with E-state index in [-0.39, 0.29) is 17.7 Å². The van der Waals surface area contributed by atoms with Crippen molar-refractivity contribution in [2.45, 2.75) is 57.5 Å². The van der Waals surface area contributed by atoms with E-state index in [9.17, 15) is 9.59 Å². The van der Waals surface area contributed by atoms with Crippen LogP contribution in [0.15, 0.2) is 41.8 Å². The van der Waals surface area contributed by atoms with Gasteiger partial charge in [0.05, 0.1) is 4.88 Å². The van der Waals surface area contributed by atoms with Crippen molar-refractivity contribution >= 4 is 28.8 Å². The molecule has 1 aliphatic carbocycles. The van der Waals surface area contributed by atoms with Crippen molar-refractivity contribution in [2.75, 3.05) is 25.0 Å². The third-order valence-corrected chi connectivity index (χ3v) is 7.68. The van der Waals surface area contributed by atoms with Crippen LogP contribution in [0.4, 0.5) is 5.69 Å². The molecule has 166 valence electrons. The molecule has 2 heterocycles. The third kappa shape index (κ3) is 5.48. The summed E-state index contributed by atoms with van der Waals surface area (Å²) in [6.07, 6.45) is 8.06. The Morgan fingerprint density at radius 2 is 1.74 bits per heavy atom. The van der Waals surface area contributed by atoms with E-state index in [2.05, 4.69) is 41.5 Å². The van der Waals surface area contributed by atoms with Gasteiger partial charge in [0, 0.05) is 44.3 Å². The van der Waals surface area contributed by atoms with Crippen molar-refractivity contribution < 1.29 is 9.59 Å². The monoisotopic (exact) mass is 439 g/mol. The summed E-state index contributed by atoms with van der Waals surface area (Å²) in [5, 5.41) is 5.02. The maximum Gasteiger partial charge on any atom is 0.263 e. The predicted molar refractivity (Wildman–Crippen MR) is 127 cm³/mol. The Morgan fingerprint density at radius 1 is 1.03 bits per heavy atom. The number of hydrogen-bond donors (Lipinski definition) is 1. The van der Waals surface area contributed by atoms with Crippen molar-refractivity contribution in [3.05, 3.63) is 52.2 Å². The van der Waals surface area contributed by atoms with Gasteiger partial charge in [0.1, 0.15) is 0 Å². The summed E-state index contributed by atoms with van der Waals surface area (Å²) >= 11 is 1.47. The molecule has 1 N–H and O–H groups in total. The van der Waals surface area contributed by atoms with E-state index >= 15 is 0 Å². The van der Waals surface area contributed by atoms with Crippen LogP contribution in [-0.2, 0) is 11.3 Å². The highest BCUT2D eigenvalue weighted by Gasteiger charge is 2.28. The minimum Gasteiger partial charge on any atom is -0.372 e. The zero-order valence-electron chi connectivity index (χ0n) is 18.4. The molecule has 31 heavy (non-hydrogen) atoms. The van der Waals surface area contributed by atoms with Gasteiger partial charge in [0.15, 0.2) is 0 Å². The van der Waals surface area contributed by atoms with Crippen LogP contribution in [0, 0.1) is 5.92 Å². The summed E-state index contributed by atoms with van der Waals surface area (Å²) in [6, 6.07) is 13.0. The number of likely N-dealkylation sites (tertiary alicyclic amines) is 1. The number of hydrogen-bond acceptors (Lipinski definition) is 4. The SMILES string of the molecule is CN(c1ccc(CNC(=O)C2CCN(C(=O)c3cccs3)CC2)cc1)C1CCCCC1. The van der Waals surface area contributed by atoms with Gasteiger partial charge in [-0.05, 0) is 54.8 Å². The average Bonchev–Trinajstić information content (AvgIpc) is 3.38. The highest BCUT2D eigenvalue weighted by molar-refractivity contribution is 7.12. The Morgan fingerprint density at radius 3 is 2.39 bits per heavy atom. The number of rotatable bonds is 6. The fourth-order valence-corrected chi connectivity index (χ4v) is 5.45. The summed E-state index contributed by atoms with van der Waals surface area (Å²) in [7, 11) is 2.20. The molecule has 0 radical (unpaired) electrons. The first-order valence-electron chi connectivity index (χ1n) is 11.5. The Bertz CT molecular complexity index is 851. The van der Waals surface area contributed by atoms with E-state index in [1.165, 1.54) is 49.1 Å². The van der Waals surface area contributed by atoms with Crippen LogP contribution in [0.5, 0.6) is 0 Å². The number of carbonyl (C=O) groups excluding carboxylic acids is 2. The number of piperidine rings is 1. The number of nitrogens with one attached hydrogen (secondary N) is 1. The van der Waals surface area contributed by atoms with E-state index in [1.807, 2.05) is 22.4 Å². The summed E-state index contributed by atoms with van der Waals surface area (Å²) in [5.74, 6) is 0.183. The fraction of sp³-hybridized carbons (Fsp3) is 0.520. The molecule has 1 aromatic carbocycles. The molecule has 2 aromatic rings. The van der Waals surface area contributed by atoms with Gasteiger partial charge in [-0.1, -0.05) is 37.5 Å². The summed E-state index contributed by atoms with van der Waals surface area (Å²) < 4.78 is 0. The molecule has 0 bridgehead atoms. The minimum absolute atomic E-state index is 0.0101. The van der Waals surface area contributed by atoms with Gasteiger partial charge in [-0.2, -0.15) is 0 Å². The first kappa shape index (κ1) is 21.9. The van der Waals surface area contributed by atoms with Gasteiger partial charge in [0.2, 0.25) is 5.91 Å². The van der Waals surface area contributed by atoms with Gasteiger partial charge in [-0.3, -0.25) is 9.59 Å². The smallest absolute Gasteiger partial charge is 0.263 e. The molecule has 0 spiro atoms. The molecule has 5 nitrogen and oxygen atoms in total. The second-order valence-corrected chi connectivity index (χ2v) is 9.78. The number of nitrogens with zero attached hydrogens (tertiary/aromatic N) is 2. The molecule has 0 unspecified atom stereocenters. The Hall–Kier alpha value is -2.34. The Kier molecular flexibility index (Phi) is 7.28. The van der Waals surface area contributed by atoms with E-state index in [0.717, 1.165) is 23.3 Å². The van der Waals surface area contributed by atoms with Crippen LogP contribution in [-0.4, -0.2) is 42.9 Å². The van der Waals surface area contributed by atoms with Crippen LogP contribution >= 0.6 is 11.3 Å². The van der Waals surface area contributed by atoms with E-state index in [0.29, 0.717) is 25.7 Å². The molecule has 2 amide bonds. The lowest BCUT2D eigenvalue weighted by molar-refractivity contribution is -0.126. The summed E-state index contributed by atoms with van der Waals surface area (Å²) in [6.45, 7) is 1.86. The van der Waals surface area contributed by atoms with Crippen molar-refractivity contribution in [1.82, 2.24) is 10.2 Å². The topological polar surface area (TPSA) is 52.7 Å².